The van der Waals surface area contributed by atoms with Crippen LogP contribution in [0.25, 0.3) is 0 Å². The second-order valence-electron chi connectivity index (χ2n) is 9.59. The maximum Gasteiger partial charge on any atom is 0.133 e. The maximum atomic E-state index is 12.3. The monoisotopic (exact) mass is 330 g/mol. The van der Waals surface area contributed by atoms with Crippen molar-refractivity contribution in [1.82, 2.24) is 0 Å². The lowest BCUT2D eigenvalue weighted by Gasteiger charge is -2.57. The predicted molar refractivity (Wildman–Crippen MR) is 91.3 cm³/mol. The third-order valence-corrected chi connectivity index (χ3v) is 8.78. The van der Waals surface area contributed by atoms with Crippen molar-refractivity contribution < 1.29 is 14.6 Å². The number of fused-ring (bicyclic) bond motifs is 2. The highest BCUT2D eigenvalue weighted by Crippen LogP contribution is 2.69. The van der Waals surface area contributed by atoms with Crippen molar-refractivity contribution in [3.63, 3.8) is 0 Å². The molecule has 0 aromatic heterocycles. The Morgan fingerprint density at radius 2 is 2.12 bits per heavy atom. The average molecular weight is 330 g/mol. The van der Waals surface area contributed by atoms with E-state index >= 15 is 0 Å². The summed E-state index contributed by atoms with van der Waals surface area (Å²) in [6, 6.07) is 0. The zero-order valence-corrected chi connectivity index (χ0v) is 15.0. The minimum Gasteiger partial charge on any atom is -0.389 e. The molecule has 0 radical (unpaired) electrons. The molecule has 1 spiro atoms. The van der Waals surface area contributed by atoms with Crippen LogP contribution in [0.15, 0.2) is 11.6 Å². The van der Waals surface area contributed by atoms with E-state index in [1.165, 1.54) is 18.4 Å². The SMILES string of the molecule is CC(=O)[C@H]1CCC2C3CCC4=C[C@H](O)CC[C@@]45CO[C@@H](C[C@@]21C)C35. The Morgan fingerprint density at radius 3 is 2.92 bits per heavy atom. The Kier molecular flexibility index (Phi) is 3.21. The smallest absolute Gasteiger partial charge is 0.133 e. The van der Waals surface area contributed by atoms with Crippen molar-refractivity contribution in [2.24, 2.45) is 34.5 Å². The van der Waals surface area contributed by atoms with Crippen LogP contribution < -0.4 is 0 Å². The topological polar surface area (TPSA) is 46.5 Å². The lowest BCUT2D eigenvalue weighted by atomic mass is 9.46. The van der Waals surface area contributed by atoms with E-state index in [2.05, 4.69) is 13.0 Å². The van der Waals surface area contributed by atoms with Crippen LogP contribution in [-0.2, 0) is 9.53 Å². The summed E-state index contributed by atoms with van der Waals surface area (Å²) in [4.78, 5) is 12.3. The standard InChI is InChI=1S/C21H30O3/c1-12(22)16-5-6-17-15-4-3-13-9-14(23)7-8-21(13)11-24-18(19(15)21)10-20(16,17)2/h9,14-19,23H,3-8,10-11H2,1-2H3/t14-,15?,16-,17?,18+,19?,20-,21-/m1/s1. The number of hydrogen-bond donors (Lipinski definition) is 1. The van der Waals surface area contributed by atoms with Crippen molar-refractivity contribution in [3.05, 3.63) is 11.6 Å². The summed E-state index contributed by atoms with van der Waals surface area (Å²) in [6.45, 7) is 5.04. The van der Waals surface area contributed by atoms with Crippen molar-refractivity contribution >= 4 is 5.78 Å². The van der Waals surface area contributed by atoms with Gasteiger partial charge in [0.25, 0.3) is 0 Å². The zero-order chi connectivity index (χ0) is 16.7. The lowest BCUT2D eigenvalue weighted by molar-refractivity contribution is -0.130. The number of rotatable bonds is 1. The zero-order valence-electron chi connectivity index (χ0n) is 15.0. The first-order valence-electron chi connectivity index (χ1n) is 9.97. The van der Waals surface area contributed by atoms with Gasteiger partial charge in [0.1, 0.15) is 5.78 Å². The van der Waals surface area contributed by atoms with E-state index in [0.717, 1.165) is 38.7 Å². The average Bonchev–Trinajstić information content (AvgIpc) is 3.07. The number of hydrogen-bond acceptors (Lipinski definition) is 3. The third kappa shape index (κ3) is 1.78. The Morgan fingerprint density at radius 1 is 1.29 bits per heavy atom. The molecule has 5 rings (SSSR count). The van der Waals surface area contributed by atoms with E-state index in [-0.39, 0.29) is 22.9 Å². The first-order valence-corrected chi connectivity index (χ1v) is 9.97. The number of aliphatic hydroxyl groups is 1. The summed E-state index contributed by atoms with van der Waals surface area (Å²) in [7, 11) is 0. The summed E-state index contributed by atoms with van der Waals surface area (Å²) >= 11 is 0. The lowest BCUT2D eigenvalue weighted by Crippen LogP contribution is -2.54. The molecular weight excluding hydrogens is 300 g/mol. The highest BCUT2D eigenvalue weighted by molar-refractivity contribution is 5.79. The van der Waals surface area contributed by atoms with Gasteiger partial charge in [-0.1, -0.05) is 18.6 Å². The molecule has 1 N–H and O–H groups in total. The maximum absolute atomic E-state index is 12.3. The van der Waals surface area contributed by atoms with Gasteiger partial charge < -0.3 is 9.84 Å². The summed E-state index contributed by atoms with van der Waals surface area (Å²) < 4.78 is 6.43. The van der Waals surface area contributed by atoms with E-state index in [0.29, 0.717) is 29.6 Å². The molecule has 1 heterocycles. The summed E-state index contributed by atoms with van der Waals surface area (Å²) in [5, 5.41) is 10.1. The van der Waals surface area contributed by atoms with Gasteiger partial charge in [0.2, 0.25) is 0 Å². The Bertz CT molecular complexity index is 610. The minimum atomic E-state index is -0.247. The van der Waals surface area contributed by atoms with Gasteiger partial charge in [-0.05, 0) is 75.0 Å². The van der Waals surface area contributed by atoms with Crippen molar-refractivity contribution in [2.75, 3.05) is 6.61 Å². The molecule has 1 aliphatic heterocycles. The highest BCUT2D eigenvalue weighted by Gasteiger charge is 2.66. The second kappa shape index (κ2) is 4.94. The van der Waals surface area contributed by atoms with Gasteiger partial charge >= 0.3 is 0 Å². The fourth-order valence-corrected chi connectivity index (χ4v) is 7.92. The fourth-order valence-electron chi connectivity index (χ4n) is 7.92. The van der Waals surface area contributed by atoms with Crippen LogP contribution in [0.5, 0.6) is 0 Å². The van der Waals surface area contributed by atoms with Crippen LogP contribution in [0, 0.1) is 34.5 Å². The molecule has 3 saturated carbocycles. The first-order chi connectivity index (χ1) is 11.5. The van der Waals surface area contributed by atoms with E-state index in [1.54, 1.807) is 6.92 Å². The highest BCUT2D eigenvalue weighted by atomic mass is 16.5. The largest absolute Gasteiger partial charge is 0.389 e. The number of ketones is 1. The van der Waals surface area contributed by atoms with Crippen LogP contribution in [0.3, 0.4) is 0 Å². The van der Waals surface area contributed by atoms with Crippen LogP contribution in [0.2, 0.25) is 0 Å². The fraction of sp³-hybridized carbons (Fsp3) is 0.857. The van der Waals surface area contributed by atoms with E-state index < -0.39 is 0 Å². The molecule has 132 valence electrons. The molecule has 3 heteroatoms. The van der Waals surface area contributed by atoms with Gasteiger partial charge in [-0.15, -0.1) is 0 Å². The predicted octanol–water partition coefficient (Wildman–Crippen LogP) is 3.50. The van der Waals surface area contributed by atoms with Gasteiger partial charge in [-0.25, -0.2) is 0 Å². The molecule has 24 heavy (non-hydrogen) atoms. The third-order valence-electron chi connectivity index (χ3n) is 8.78. The Labute approximate surface area is 144 Å². The van der Waals surface area contributed by atoms with Gasteiger partial charge in [0.05, 0.1) is 18.8 Å². The molecule has 0 amide bonds. The first kappa shape index (κ1) is 15.6. The summed E-state index contributed by atoms with van der Waals surface area (Å²) in [5.74, 6) is 2.68. The number of carbonyl (C=O) groups excluding carboxylic acids is 1. The number of carbonyl (C=O) groups is 1. The van der Waals surface area contributed by atoms with Gasteiger partial charge in [-0.3, -0.25) is 4.79 Å². The number of Topliss-reactive ketones (excluding diaryl/α,β-unsaturated/α-hetero) is 1. The summed E-state index contributed by atoms with van der Waals surface area (Å²) in [6.07, 6.45) is 9.97. The molecule has 1 saturated heterocycles. The molecule has 4 aliphatic carbocycles. The normalized spacial score (nSPS) is 55.4. The summed E-state index contributed by atoms with van der Waals surface area (Å²) in [5.41, 5.74) is 1.86. The molecule has 3 nitrogen and oxygen atoms in total. The second-order valence-corrected chi connectivity index (χ2v) is 9.59. The van der Waals surface area contributed by atoms with E-state index in [9.17, 15) is 9.90 Å². The number of ether oxygens (including phenoxy) is 1. The molecule has 8 atom stereocenters. The molecule has 0 bridgehead atoms. The van der Waals surface area contributed by atoms with Gasteiger partial charge in [0.15, 0.2) is 0 Å². The van der Waals surface area contributed by atoms with E-state index in [4.69, 9.17) is 4.74 Å². The quantitative estimate of drug-likeness (QED) is 0.749. The number of aliphatic hydroxyl groups excluding tert-OH is 1. The molecular formula is C21H30O3. The molecule has 0 aromatic rings. The van der Waals surface area contributed by atoms with Crippen molar-refractivity contribution in [3.8, 4) is 0 Å². The van der Waals surface area contributed by atoms with Gasteiger partial charge in [0, 0.05) is 11.3 Å². The minimum absolute atomic E-state index is 0.151. The van der Waals surface area contributed by atoms with Crippen molar-refractivity contribution in [2.45, 2.75) is 71.0 Å². The molecule has 0 aromatic carbocycles. The van der Waals surface area contributed by atoms with Gasteiger partial charge in [-0.2, -0.15) is 0 Å². The molecule has 3 unspecified atom stereocenters. The molecule has 5 aliphatic rings. The Hall–Kier alpha value is -0.670. The van der Waals surface area contributed by atoms with Crippen molar-refractivity contribution in [1.29, 1.82) is 0 Å². The van der Waals surface area contributed by atoms with Crippen LogP contribution >= 0.6 is 0 Å². The van der Waals surface area contributed by atoms with E-state index in [1.807, 2.05) is 0 Å². The molecule has 4 fully saturated rings. The van der Waals surface area contributed by atoms with Crippen LogP contribution in [-0.4, -0.2) is 29.7 Å². The van der Waals surface area contributed by atoms with Crippen LogP contribution in [0.4, 0.5) is 0 Å². The Balaban J connectivity index is 1.55. The van der Waals surface area contributed by atoms with Crippen LogP contribution in [0.1, 0.15) is 58.8 Å².